The van der Waals surface area contributed by atoms with Crippen LogP contribution in [-0.4, -0.2) is 36.5 Å². The minimum atomic E-state index is -0.695. The van der Waals surface area contributed by atoms with Gasteiger partial charge in [0.05, 0.1) is 5.41 Å². The molecule has 0 saturated carbocycles. The van der Waals surface area contributed by atoms with Gasteiger partial charge in [0, 0.05) is 25.7 Å². The standard InChI is InChI=1S/C15H21FN2O/c1-11-10-18(8-7-17-11)14(19)15(2,3)12-5-4-6-13(16)9-12/h4-6,9,11,17H,7-8,10H2,1-3H3. The number of rotatable bonds is 2. The average Bonchev–Trinajstić information content (AvgIpc) is 2.38. The summed E-state index contributed by atoms with van der Waals surface area (Å²) in [5.74, 6) is -0.237. The lowest BCUT2D eigenvalue weighted by atomic mass is 9.83. The lowest BCUT2D eigenvalue weighted by Crippen LogP contribution is -2.55. The van der Waals surface area contributed by atoms with Crippen LogP contribution in [0.15, 0.2) is 24.3 Å². The third-order valence-corrected chi connectivity index (χ3v) is 3.74. The van der Waals surface area contributed by atoms with Gasteiger partial charge in [0.25, 0.3) is 0 Å². The van der Waals surface area contributed by atoms with Crippen LogP contribution in [0, 0.1) is 5.82 Å². The zero-order valence-corrected chi connectivity index (χ0v) is 11.7. The molecule has 4 heteroatoms. The maximum absolute atomic E-state index is 13.3. The molecule has 1 heterocycles. The summed E-state index contributed by atoms with van der Waals surface area (Å²) < 4.78 is 13.3. The van der Waals surface area contributed by atoms with E-state index in [1.165, 1.54) is 12.1 Å². The highest BCUT2D eigenvalue weighted by Crippen LogP contribution is 2.26. The van der Waals surface area contributed by atoms with Gasteiger partial charge in [0.15, 0.2) is 0 Å². The SMILES string of the molecule is CC1CN(C(=O)C(C)(C)c2cccc(F)c2)CCN1. The molecule has 1 amide bonds. The van der Waals surface area contributed by atoms with Crippen LogP contribution in [0.1, 0.15) is 26.3 Å². The van der Waals surface area contributed by atoms with Gasteiger partial charge in [-0.2, -0.15) is 0 Å². The summed E-state index contributed by atoms with van der Waals surface area (Å²) >= 11 is 0. The van der Waals surface area contributed by atoms with Crippen molar-refractivity contribution in [2.45, 2.75) is 32.2 Å². The van der Waals surface area contributed by atoms with E-state index >= 15 is 0 Å². The van der Waals surface area contributed by atoms with Crippen LogP contribution in [0.25, 0.3) is 0 Å². The third kappa shape index (κ3) is 2.95. The van der Waals surface area contributed by atoms with Gasteiger partial charge in [-0.3, -0.25) is 4.79 Å². The van der Waals surface area contributed by atoms with Gasteiger partial charge in [-0.1, -0.05) is 12.1 Å². The van der Waals surface area contributed by atoms with E-state index in [1.54, 1.807) is 6.07 Å². The Hall–Kier alpha value is -1.42. The molecule has 0 bridgehead atoms. The fraction of sp³-hybridized carbons (Fsp3) is 0.533. The fourth-order valence-corrected chi connectivity index (χ4v) is 2.51. The van der Waals surface area contributed by atoms with Crippen LogP contribution in [0.3, 0.4) is 0 Å². The van der Waals surface area contributed by atoms with Crippen molar-refractivity contribution in [3.05, 3.63) is 35.6 Å². The quantitative estimate of drug-likeness (QED) is 0.885. The number of piperazine rings is 1. The molecule has 3 nitrogen and oxygen atoms in total. The van der Waals surface area contributed by atoms with E-state index in [4.69, 9.17) is 0 Å². The number of hydrogen-bond acceptors (Lipinski definition) is 2. The maximum atomic E-state index is 13.3. The summed E-state index contributed by atoms with van der Waals surface area (Å²) in [5.41, 5.74) is 0.0304. The number of benzene rings is 1. The zero-order valence-electron chi connectivity index (χ0n) is 11.7. The summed E-state index contributed by atoms with van der Waals surface area (Å²) in [6.07, 6.45) is 0. The summed E-state index contributed by atoms with van der Waals surface area (Å²) in [6, 6.07) is 6.62. The molecular formula is C15H21FN2O. The predicted molar refractivity (Wildman–Crippen MR) is 73.5 cm³/mol. The Balaban J connectivity index is 2.21. The number of carbonyl (C=O) groups is 1. The Labute approximate surface area is 113 Å². The van der Waals surface area contributed by atoms with Crippen molar-refractivity contribution in [3.63, 3.8) is 0 Å². The Morgan fingerprint density at radius 1 is 1.47 bits per heavy atom. The highest BCUT2D eigenvalue weighted by molar-refractivity contribution is 5.87. The second kappa shape index (κ2) is 5.29. The Morgan fingerprint density at radius 2 is 2.21 bits per heavy atom. The summed E-state index contributed by atoms with van der Waals surface area (Å²) in [7, 11) is 0. The lowest BCUT2D eigenvalue weighted by molar-refractivity contribution is -0.137. The third-order valence-electron chi connectivity index (χ3n) is 3.74. The predicted octanol–water partition coefficient (Wildman–Crippen LogP) is 1.92. The minimum absolute atomic E-state index is 0.0615. The molecule has 2 rings (SSSR count). The van der Waals surface area contributed by atoms with E-state index in [1.807, 2.05) is 24.8 Å². The fourth-order valence-electron chi connectivity index (χ4n) is 2.51. The van der Waals surface area contributed by atoms with E-state index in [-0.39, 0.29) is 11.7 Å². The van der Waals surface area contributed by atoms with Gasteiger partial charge in [0.1, 0.15) is 5.82 Å². The number of carbonyl (C=O) groups excluding carboxylic acids is 1. The monoisotopic (exact) mass is 264 g/mol. The molecule has 19 heavy (non-hydrogen) atoms. The number of nitrogens with one attached hydrogen (secondary N) is 1. The van der Waals surface area contributed by atoms with Crippen molar-refractivity contribution >= 4 is 5.91 Å². The molecule has 1 aliphatic rings. The number of hydrogen-bond donors (Lipinski definition) is 1. The van der Waals surface area contributed by atoms with Gasteiger partial charge in [0.2, 0.25) is 5.91 Å². The molecule has 1 N–H and O–H groups in total. The molecule has 1 unspecified atom stereocenters. The van der Waals surface area contributed by atoms with Gasteiger partial charge in [-0.25, -0.2) is 4.39 Å². The molecule has 104 valence electrons. The minimum Gasteiger partial charge on any atom is -0.339 e. The number of halogens is 1. The van der Waals surface area contributed by atoms with Gasteiger partial charge in [-0.15, -0.1) is 0 Å². The molecule has 1 aromatic rings. The first-order chi connectivity index (χ1) is 8.91. The Kier molecular flexibility index (Phi) is 3.90. The van der Waals surface area contributed by atoms with Gasteiger partial charge in [-0.05, 0) is 38.5 Å². The Bertz CT molecular complexity index is 473. The van der Waals surface area contributed by atoms with Crippen LogP contribution >= 0.6 is 0 Å². The highest BCUT2D eigenvalue weighted by Gasteiger charge is 2.35. The summed E-state index contributed by atoms with van der Waals surface area (Å²) in [4.78, 5) is 14.5. The lowest BCUT2D eigenvalue weighted by Gasteiger charge is -2.37. The van der Waals surface area contributed by atoms with Gasteiger partial charge >= 0.3 is 0 Å². The van der Waals surface area contributed by atoms with E-state index in [0.717, 1.165) is 12.1 Å². The van der Waals surface area contributed by atoms with Crippen molar-refractivity contribution < 1.29 is 9.18 Å². The van der Waals surface area contributed by atoms with Crippen molar-refractivity contribution in [3.8, 4) is 0 Å². The van der Waals surface area contributed by atoms with Gasteiger partial charge < -0.3 is 10.2 Å². The molecule has 0 spiro atoms. The molecule has 1 fully saturated rings. The van der Waals surface area contributed by atoms with Crippen LogP contribution < -0.4 is 5.32 Å². The molecule has 1 aliphatic heterocycles. The van der Waals surface area contributed by atoms with E-state index < -0.39 is 5.41 Å². The highest BCUT2D eigenvalue weighted by atomic mass is 19.1. The van der Waals surface area contributed by atoms with Crippen molar-refractivity contribution in [2.75, 3.05) is 19.6 Å². The van der Waals surface area contributed by atoms with E-state index in [2.05, 4.69) is 12.2 Å². The first-order valence-electron chi connectivity index (χ1n) is 6.70. The molecule has 1 saturated heterocycles. The van der Waals surface area contributed by atoms with E-state index in [9.17, 15) is 9.18 Å². The summed E-state index contributed by atoms with van der Waals surface area (Å²) in [5, 5.41) is 3.31. The molecule has 0 aromatic heterocycles. The topological polar surface area (TPSA) is 32.3 Å². The summed E-state index contributed by atoms with van der Waals surface area (Å²) in [6.45, 7) is 8.01. The zero-order chi connectivity index (χ0) is 14.0. The molecule has 0 radical (unpaired) electrons. The molecule has 0 aliphatic carbocycles. The maximum Gasteiger partial charge on any atom is 0.232 e. The first kappa shape index (κ1) is 14.0. The average molecular weight is 264 g/mol. The van der Waals surface area contributed by atoms with Crippen molar-refractivity contribution in [1.82, 2.24) is 10.2 Å². The number of amides is 1. The first-order valence-corrected chi connectivity index (χ1v) is 6.70. The smallest absolute Gasteiger partial charge is 0.232 e. The Morgan fingerprint density at radius 3 is 2.84 bits per heavy atom. The van der Waals surface area contributed by atoms with Crippen LogP contribution in [0.5, 0.6) is 0 Å². The largest absolute Gasteiger partial charge is 0.339 e. The normalized spacial score (nSPS) is 20.4. The molecule has 1 atom stereocenters. The molecular weight excluding hydrogens is 243 g/mol. The van der Waals surface area contributed by atoms with Crippen molar-refractivity contribution in [2.24, 2.45) is 0 Å². The van der Waals surface area contributed by atoms with Crippen LogP contribution in [0.4, 0.5) is 4.39 Å². The van der Waals surface area contributed by atoms with Crippen LogP contribution in [-0.2, 0) is 10.2 Å². The number of nitrogens with zero attached hydrogens (tertiary/aromatic N) is 1. The second-order valence-electron chi connectivity index (χ2n) is 5.74. The molecule has 1 aromatic carbocycles. The van der Waals surface area contributed by atoms with E-state index in [0.29, 0.717) is 19.1 Å². The second-order valence-corrected chi connectivity index (χ2v) is 5.74. The van der Waals surface area contributed by atoms with Crippen LogP contribution in [0.2, 0.25) is 0 Å². The van der Waals surface area contributed by atoms with Crippen molar-refractivity contribution in [1.29, 1.82) is 0 Å².